The fourth-order valence-corrected chi connectivity index (χ4v) is 1.62. The van der Waals surface area contributed by atoms with Crippen LogP contribution in [0, 0.1) is 5.92 Å². The molecule has 2 heteroatoms. The summed E-state index contributed by atoms with van der Waals surface area (Å²) < 4.78 is 6.18. The summed E-state index contributed by atoms with van der Waals surface area (Å²) in [4.78, 5) is 0. The molecular weight excluding hydrogens is 162 g/mol. The zero-order chi connectivity index (χ0) is 10.5. The van der Waals surface area contributed by atoms with E-state index in [4.69, 9.17) is 4.74 Å². The van der Waals surface area contributed by atoms with E-state index >= 15 is 0 Å². The van der Waals surface area contributed by atoms with E-state index in [2.05, 4.69) is 35.0 Å². The molecule has 0 fully saturated rings. The quantitative estimate of drug-likeness (QED) is 0.580. The highest BCUT2D eigenvalue weighted by Gasteiger charge is 2.23. The van der Waals surface area contributed by atoms with Crippen molar-refractivity contribution in [1.82, 2.24) is 0 Å². The van der Waals surface area contributed by atoms with Crippen LogP contribution in [0.1, 0.15) is 26.7 Å². The fraction of sp³-hybridized carbons (Fsp3) is 1.00. The fourth-order valence-electron chi connectivity index (χ4n) is 1.62. The van der Waals surface area contributed by atoms with E-state index in [0.29, 0.717) is 0 Å². The number of hydrogen-bond acceptors (Lipinski definition) is 1. The first-order valence-corrected chi connectivity index (χ1v) is 5.18. The first-order valence-electron chi connectivity index (χ1n) is 5.18. The van der Waals surface area contributed by atoms with Gasteiger partial charge in [0.25, 0.3) is 0 Å². The lowest BCUT2D eigenvalue weighted by molar-refractivity contribution is -0.897. The number of methoxy groups -OCH3 is 1. The second-order valence-electron chi connectivity index (χ2n) is 5.18. The van der Waals surface area contributed by atoms with Crippen LogP contribution < -0.4 is 0 Å². The third-order valence-corrected chi connectivity index (χ3v) is 2.49. The molecule has 2 nitrogen and oxygen atoms in total. The molecule has 0 saturated carbocycles. The molecular formula is C11H26NO+. The van der Waals surface area contributed by atoms with Gasteiger partial charge in [-0.3, -0.25) is 0 Å². The number of quaternary nitrogens is 1. The van der Waals surface area contributed by atoms with E-state index in [1.54, 1.807) is 7.11 Å². The molecule has 1 atom stereocenters. The number of rotatable bonds is 6. The van der Waals surface area contributed by atoms with Crippen molar-refractivity contribution in [2.24, 2.45) is 5.92 Å². The molecule has 0 aliphatic heterocycles. The monoisotopic (exact) mass is 188 g/mol. The molecule has 0 heterocycles. The van der Waals surface area contributed by atoms with Crippen molar-refractivity contribution in [3.63, 3.8) is 0 Å². The van der Waals surface area contributed by atoms with Crippen LogP contribution in [0.15, 0.2) is 0 Å². The standard InChI is InChI=1S/C11H26NO/c1-10(2)9-11(7-8-13-6)12(3,4)5/h10-11H,7-9H2,1-6H3/q+1. The number of hydrogen-bond donors (Lipinski definition) is 0. The van der Waals surface area contributed by atoms with Crippen molar-refractivity contribution in [3.05, 3.63) is 0 Å². The normalized spacial score (nSPS) is 15.0. The Bertz CT molecular complexity index is 127. The Hall–Kier alpha value is -0.0800. The van der Waals surface area contributed by atoms with Gasteiger partial charge in [-0.15, -0.1) is 0 Å². The Kier molecular flexibility index (Phi) is 5.57. The summed E-state index contributed by atoms with van der Waals surface area (Å²) in [5.41, 5.74) is 0. The Morgan fingerprint density at radius 1 is 1.15 bits per heavy atom. The van der Waals surface area contributed by atoms with Crippen LogP contribution in [0.4, 0.5) is 0 Å². The summed E-state index contributed by atoms with van der Waals surface area (Å²) in [6.45, 7) is 5.46. The van der Waals surface area contributed by atoms with Gasteiger partial charge in [0.15, 0.2) is 0 Å². The molecule has 0 aromatic rings. The second kappa shape index (κ2) is 5.61. The van der Waals surface area contributed by atoms with E-state index in [-0.39, 0.29) is 0 Å². The predicted molar refractivity (Wildman–Crippen MR) is 57.8 cm³/mol. The van der Waals surface area contributed by atoms with Crippen LogP contribution in [-0.2, 0) is 4.74 Å². The Labute approximate surface area is 83.5 Å². The van der Waals surface area contributed by atoms with E-state index in [9.17, 15) is 0 Å². The molecule has 1 unspecified atom stereocenters. The van der Waals surface area contributed by atoms with Crippen LogP contribution in [0.3, 0.4) is 0 Å². The highest BCUT2D eigenvalue weighted by molar-refractivity contribution is 4.60. The predicted octanol–water partition coefficient (Wildman–Crippen LogP) is 2.14. The molecule has 0 spiro atoms. The molecule has 0 aliphatic carbocycles. The largest absolute Gasteiger partial charge is 0.384 e. The lowest BCUT2D eigenvalue weighted by Gasteiger charge is -2.35. The summed E-state index contributed by atoms with van der Waals surface area (Å²) in [7, 11) is 8.58. The third-order valence-electron chi connectivity index (χ3n) is 2.49. The first-order chi connectivity index (χ1) is 5.88. The Morgan fingerprint density at radius 2 is 1.69 bits per heavy atom. The molecule has 0 N–H and O–H groups in total. The molecule has 0 bridgehead atoms. The molecule has 0 aromatic heterocycles. The molecule has 0 amide bonds. The van der Waals surface area contributed by atoms with E-state index in [1.165, 1.54) is 6.42 Å². The van der Waals surface area contributed by atoms with Gasteiger partial charge in [0.1, 0.15) is 0 Å². The van der Waals surface area contributed by atoms with Crippen molar-refractivity contribution >= 4 is 0 Å². The van der Waals surface area contributed by atoms with Gasteiger partial charge in [0.2, 0.25) is 0 Å². The minimum Gasteiger partial charge on any atom is -0.384 e. The minimum atomic E-state index is 0.722. The highest BCUT2D eigenvalue weighted by Crippen LogP contribution is 2.17. The summed E-state index contributed by atoms with van der Waals surface area (Å²) in [6.07, 6.45) is 2.45. The van der Waals surface area contributed by atoms with Gasteiger partial charge in [0, 0.05) is 20.0 Å². The molecule has 0 saturated heterocycles. The highest BCUT2D eigenvalue weighted by atomic mass is 16.5. The first kappa shape index (κ1) is 12.9. The van der Waals surface area contributed by atoms with Crippen LogP contribution in [0.5, 0.6) is 0 Å². The van der Waals surface area contributed by atoms with Crippen LogP contribution in [0.2, 0.25) is 0 Å². The molecule has 13 heavy (non-hydrogen) atoms. The molecule has 0 aliphatic rings. The van der Waals surface area contributed by atoms with Crippen molar-refractivity contribution < 1.29 is 9.22 Å². The number of ether oxygens (including phenoxy) is 1. The van der Waals surface area contributed by atoms with Gasteiger partial charge in [-0.05, 0) is 5.92 Å². The smallest absolute Gasteiger partial charge is 0.0908 e. The average Bonchev–Trinajstić information content (AvgIpc) is 1.95. The minimum absolute atomic E-state index is 0.722. The molecule has 0 rings (SSSR count). The maximum Gasteiger partial charge on any atom is 0.0908 e. The summed E-state index contributed by atoms with van der Waals surface area (Å²) in [6, 6.07) is 0.722. The van der Waals surface area contributed by atoms with Gasteiger partial charge in [0.05, 0.1) is 33.8 Å². The summed E-state index contributed by atoms with van der Waals surface area (Å²) in [5, 5.41) is 0. The van der Waals surface area contributed by atoms with Crippen molar-refractivity contribution in [3.8, 4) is 0 Å². The van der Waals surface area contributed by atoms with Gasteiger partial charge in [-0.25, -0.2) is 0 Å². The lowest BCUT2D eigenvalue weighted by atomic mass is 9.99. The zero-order valence-corrected chi connectivity index (χ0v) is 10.1. The SMILES string of the molecule is COCCC(CC(C)C)[N+](C)(C)C. The second-order valence-corrected chi connectivity index (χ2v) is 5.18. The van der Waals surface area contributed by atoms with Crippen molar-refractivity contribution in [1.29, 1.82) is 0 Å². The van der Waals surface area contributed by atoms with Gasteiger partial charge in [-0.1, -0.05) is 13.8 Å². The Morgan fingerprint density at radius 3 is 2.00 bits per heavy atom. The van der Waals surface area contributed by atoms with Gasteiger partial charge < -0.3 is 9.22 Å². The summed E-state index contributed by atoms with van der Waals surface area (Å²) in [5.74, 6) is 0.777. The molecule has 0 radical (unpaired) electrons. The summed E-state index contributed by atoms with van der Waals surface area (Å²) >= 11 is 0. The van der Waals surface area contributed by atoms with Crippen LogP contribution in [-0.4, -0.2) is 45.4 Å². The number of nitrogens with zero attached hydrogens (tertiary/aromatic N) is 1. The van der Waals surface area contributed by atoms with E-state index in [1.807, 2.05) is 0 Å². The van der Waals surface area contributed by atoms with E-state index in [0.717, 1.165) is 29.5 Å². The van der Waals surface area contributed by atoms with Crippen molar-refractivity contribution in [2.45, 2.75) is 32.7 Å². The van der Waals surface area contributed by atoms with Gasteiger partial charge >= 0.3 is 0 Å². The zero-order valence-electron chi connectivity index (χ0n) is 10.1. The topological polar surface area (TPSA) is 9.23 Å². The van der Waals surface area contributed by atoms with Crippen LogP contribution >= 0.6 is 0 Å². The maximum atomic E-state index is 5.14. The molecule has 80 valence electrons. The third kappa shape index (κ3) is 6.05. The Balaban J connectivity index is 4.03. The van der Waals surface area contributed by atoms with Gasteiger partial charge in [-0.2, -0.15) is 0 Å². The van der Waals surface area contributed by atoms with Crippen LogP contribution in [0.25, 0.3) is 0 Å². The van der Waals surface area contributed by atoms with Crippen molar-refractivity contribution in [2.75, 3.05) is 34.9 Å². The lowest BCUT2D eigenvalue weighted by Crippen LogP contribution is -2.46. The molecule has 0 aromatic carbocycles. The average molecular weight is 188 g/mol. The maximum absolute atomic E-state index is 5.14. The van der Waals surface area contributed by atoms with E-state index < -0.39 is 0 Å².